The Morgan fingerprint density at radius 2 is 1.88 bits per heavy atom. The van der Waals surface area contributed by atoms with Gasteiger partial charge in [-0.15, -0.1) is 0 Å². The maximum Gasteiger partial charge on any atom is 0.0856 e. The van der Waals surface area contributed by atoms with Crippen LogP contribution in [0.1, 0.15) is 27.7 Å². The highest BCUT2D eigenvalue weighted by molar-refractivity contribution is 5.59. The van der Waals surface area contributed by atoms with E-state index in [1.54, 1.807) is 0 Å². The highest BCUT2D eigenvalue weighted by Crippen LogP contribution is 2.33. The summed E-state index contributed by atoms with van der Waals surface area (Å²) in [6, 6.07) is 0. The maximum absolute atomic E-state index is 4.34. The van der Waals surface area contributed by atoms with Crippen LogP contribution in [0.15, 0.2) is 4.99 Å². The molecule has 0 aliphatic carbocycles. The van der Waals surface area contributed by atoms with Gasteiger partial charge >= 0.3 is 0 Å². The molecule has 0 aromatic heterocycles. The van der Waals surface area contributed by atoms with Gasteiger partial charge in [0.2, 0.25) is 0 Å². The van der Waals surface area contributed by atoms with Gasteiger partial charge in [0, 0.05) is 31.8 Å². The number of nitrogens with zero attached hydrogens (tertiary/aromatic N) is 3. The molecule has 16 heavy (non-hydrogen) atoms. The van der Waals surface area contributed by atoms with Crippen LogP contribution in [-0.4, -0.2) is 60.1 Å². The number of hydrogen-bond donors (Lipinski definition) is 1. The van der Waals surface area contributed by atoms with Crippen molar-refractivity contribution in [3.63, 3.8) is 0 Å². The Hall–Kier alpha value is -0.610. The monoisotopic (exact) mass is 224 g/mol. The second-order valence-corrected chi connectivity index (χ2v) is 5.75. The second-order valence-electron chi connectivity index (χ2n) is 5.75. The molecule has 2 heterocycles. The van der Waals surface area contributed by atoms with E-state index in [-0.39, 0.29) is 11.1 Å². The first-order valence-corrected chi connectivity index (χ1v) is 6.19. The van der Waals surface area contributed by atoms with Crippen LogP contribution in [0.5, 0.6) is 0 Å². The molecule has 2 rings (SSSR count). The van der Waals surface area contributed by atoms with Gasteiger partial charge in [-0.3, -0.25) is 9.89 Å². The predicted octanol–water partition coefficient (Wildman–Crippen LogP) is 0.750. The molecule has 1 fully saturated rings. The minimum Gasteiger partial charge on any atom is -0.354 e. The molecule has 92 valence electrons. The molecular weight excluding hydrogens is 200 g/mol. The fraction of sp³-hybridized carbons (Fsp3) is 0.917. The van der Waals surface area contributed by atoms with Gasteiger partial charge in [0.1, 0.15) is 0 Å². The Kier molecular flexibility index (Phi) is 2.97. The van der Waals surface area contributed by atoms with Gasteiger partial charge in [0.15, 0.2) is 0 Å². The Bertz CT molecular complexity index is 277. The van der Waals surface area contributed by atoms with Crippen LogP contribution >= 0.6 is 0 Å². The largest absolute Gasteiger partial charge is 0.354 e. The first kappa shape index (κ1) is 11.9. The second kappa shape index (κ2) is 4.00. The summed E-state index contributed by atoms with van der Waals surface area (Å²) in [5.74, 6) is 0. The van der Waals surface area contributed by atoms with Crippen molar-refractivity contribution >= 4 is 6.34 Å². The van der Waals surface area contributed by atoms with Crippen molar-refractivity contribution < 1.29 is 0 Å². The minimum absolute atomic E-state index is 0.110. The van der Waals surface area contributed by atoms with Crippen LogP contribution in [0.4, 0.5) is 0 Å². The molecule has 0 aromatic carbocycles. The molecule has 2 aliphatic heterocycles. The fourth-order valence-electron chi connectivity index (χ4n) is 2.53. The van der Waals surface area contributed by atoms with Crippen molar-refractivity contribution in [3.05, 3.63) is 0 Å². The average Bonchev–Trinajstić information content (AvgIpc) is 2.91. The number of rotatable bonds is 3. The summed E-state index contributed by atoms with van der Waals surface area (Å²) in [5, 5.41) is 3.41. The normalized spacial score (nSPS) is 23.4. The quantitative estimate of drug-likeness (QED) is 0.767. The zero-order chi connectivity index (χ0) is 11.8. The van der Waals surface area contributed by atoms with E-state index < -0.39 is 0 Å². The van der Waals surface area contributed by atoms with Gasteiger partial charge in [0.05, 0.1) is 18.4 Å². The molecule has 0 spiro atoms. The van der Waals surface area contributed by atoms with Crippen LogP contribution in [-0.2, 0) is 0 Å². The summed E-state index contributed by atoms with van der Waals surface area (Å²) in [6.45, 7) is 14.6. The van der Waals surface area contributed by atoms with Crippen LogP contribution in [0.3, 0.4) is 0 Å². The summed E-state index contributed by atoms with van der Waals surface area (Å²) < 4.78 is 0. The third-order valence-corrected chi connectivity index (χ3v) is 4.56. The molecule has 0 amide bonds. The highest BCUT2D eigenvalue weighted by atomic mass is 15.4. The van der Waals surface area contributed by atoms with Crippen LogP contribution in [0.2, 0.25) is 0 Å². The van der Waals surface area contributed by atoms with E-state index in [1.807, 2.05) is 6.34 Å². The highest BCUT2D eigenvalue weighted by Gasteiger charge is 2.46. The first-order valence-electron chi connectivity index (χ1n) is 6.19. The molecule has 4 heteroatoms. The smallest absolute Gasteiger partial charge is 0.0856 e. The van der Waals surface area contributed by atoms with E-state index >= 15 is 0 Å². The zero-order valence-corrected chi connectivity index (χ0v) is 11.0. The molecule has 4 nitrogen and oxygen atoms in total. The summed E-state index contributed by atoms with van der Waals surface area (Å²) >= 11 is 0. The van der Waals surface area contributed by atoms with Crippen LogP contribution < -0.4 is 5.32 Å². The van der Waals surface area contributed by atoms with Crippen molar-refractivity contribution in [3.8, 4) is 0 Å². The summed E-state index contributed by atoms with van der Waals surface area (Å²) in [4.78, 5) is 9.25. The van der Waals surface area contributed by atoms with E-state index in [9.17, 15) is 0 Å². The topological polar surface area (TPSA) is 30.9 Å². The van der Waals surface area contributed by atoms with Gasteiger partial charge < -0.3 is 10.2 Å². The lowest BCUT2D eigenvalue weighted by Gasteiger charge is -2.51. The molecule has 0 aromatic rings. The number of aliphatic imine (C=N–C) groups is 1. The van der Waals surface area contributed by atoms with Gasteiger partial charge in [-0.2, -0.15) is 0 Å². The van der Waals surface area contributed by atoms with E-state index in [2.05, 4.69) is 47.8 Å². The van der Waals surface area contributed by atoms with Gasteiger partial charge in [-0.1, -0.05) is 0 Å². The lowest BCUT2D eigenvalue weighted by Crippen LogP contribution is -2.64. The lowest BCUT2D eigenvalue weighted by molar-refractivity contribution is 0.0145. The molecular formula is C12H24N4. The zero-order valence-electron chi connectivity index (χ0n) is 11.0. The third-order valence-electron chi connectivity index (χ3n) is 4.56. The Morgan fingerprint density at radius 1 is 1.12 bits per heavy atom. The predicted molar refractivity (Wildman–Crippen MR) is 67.8 cm³/mol. The standard InChI is InChI=1S/C12H24N4/c1-11(2,15-7-5-13-9-15)12(3,4)16-8-6-14-10-16/h9,14H,5-8,10H2,1-4H3. The molecule has 0 saturated carbocycles. The van der Waals surface area contributed by atoms with E-state index in [1.165, 1.54) is 0 Å². The van der Waals surface area contributed by atoms with Crippen molar-refractivity contribution in [2.45, 2.75) is 38.8 Å². The molecule has 1 saturated heterocycles. The minimum atomic E-state index is 0.110. The lowest BCUT2D eigenvalue weighted by atomic mass is 9.80. The Balaban J connectivity index is 2.16. The number of nitrogens with one attached hydrogen (secondary N) is 1. The molecule has 0 bridgehead atoms. The van der Waals surface area contributed by atoms with Gasteiger partial charge in [-0.05, 0) is 27.7 Å². The Labute approximate surface area is 98.7 Å². The van der Waals surface area contributed by atoms with E-state index in [0.29, 0.717) is 0 Å². The van der Waals surface area contributed by atoms with Crippen molar-refractivity contribution in [1.29, 1.82) is 0 Å². The Morgan fingerprint density at radius 3 is 2.38 bits per heavy atom. The third kappa shape index (κ3) is 1.74. The van der Waals surface area contributed by atoms with Gasteiger partial charge in [0.25, 0.3) is 0 Å². The molecule has 0 atom stereocenters. The van der Waals surface area contributed by atoms with Crippen molar-refractivity contribution in [2.75, 3.05) is 32.8 Å². The van der Waals surface area contributed by atoms with Gasteiger partial charge in [-0.25, -0.2) is 0 Å². The van der Waals surface area contributed by atoms with Crippen LogP contribution in [0.25, 0.3) is 0 Å². The molecule has 2 aliphatic rings. The SMILES string of the molecule is CC(C)(N1C=NCC1)C(C)(C)N1CCNC1. The first-order chi connectivity index (χ1) is 7.46. The van der Waals surface area contributed by atoms with Crippen LogP contribution in [0, 0.1) is 0 Å². The molecule has 0 unspecified atom stereocenters. The summed E-state index contributed by atoms with van der Waals surface area (Å²) in [6.07, 6.45) is 2.02. The molecule has 1 N–H and O–H groups in total. The summed E-state index contributed by atoms with van der Waals surface area (Å²) in [5.41, 5.74) is 0.256. The number of hydrogen-bond acceptors (Lipinski definition) is 4. The average molecular weight is 224 g/mol. The maximum atomic E-state index is 4.34. The summed E-state index contributed by atoms with van der Waals surface area (Å²) in [7, 11) is 0. The van der Waals surface area contributed by atoms with Crippen molar-refractivity contribution in [1.82, 2.24) is 15.1 Å². The van der Waals surface area contributed by atoms with E-state index in [4.69, 9.17) is 0 Å². The fourth-order valence-corrected chi connectivity index (χ4v) is 2.53. The molecule has 0 radical (unpaired) electrons. The van der Waals surface area contributed by atoms with Crippen molar-refractivity contribution in [2.24, 2.45) is 4.99 Å². The van der Waals surface area contributed by atoms with E-state index in [0.717, 1.165) is 32.8 Å².